The third-order valence-electron chi connectivity index (χ3n) is 5.30. The summed E-state index contributed by atoms with van der Waals surface area (Å²) in [7, 11) is 2.17. The van der Waals surface area contributed by atoms with Crippen molar-refractivity contribution in [1.82, 2.24) is 14.9 Å². The standard InChI is InChI=1S/C21H27N5OS/c1-14-10-19(23-15(2)20(14)26-8-6-25(3)7-9-26)28-18-11-17(12-22-13-18)24-21(27)16-4-5-16/h10-13,16H,4-9H2,1-3H3,(H,24,27). The molecule has 2 aromatic rings. The van der Waals surface area contributed by atoms with Crippen LogP contribution >= 0.6 is 11.8 Å². The molecule has 1 saturated heterocycles. The summed E-state index contributed by atoms with van der Waals surface area (Å²) in [6, 6.07) is 4.12. The minimum Gasteiger partial charge on any atom is -0.367 e. The number of piperazine rings is 1. The first-order valence-corrected chi connectivity index (χ1v) is 10.7. The number of anilines is 2. The van der Waals surface area contributed by atoms with Gasteiger partial charge in [0.05, 0.1) is 23.3 Å². The molecule has 148 valence electrons. The average Bonchev–Trinajstić information content (AvgIpc) is 3.48. The number of amides is 1. The molecule has 0 radical (unpaired) electrons. The monoisotopic (exact) mass is 397 g/mol. The number of pyridine rings is 2. The molecule has 0 spiro atoms. The number of aryl methyl sites for hydroxylation is 2. The van der Waals surface area contributed by atoms with Gasteiger partial charge in [0.1, 0.15) is 5.03 Å². The van der Waals surface area contributed by atoms with Gasteiger partial charge in [-0.15, -0.1) is 0 Å². The van der Waals surface area contributed by atoms with E-state index < -0.39 is 0 Å². The summed E-state index contributed by atoms with van der Waals surface area (Å²) in [5, 5.41) is 3.92. The molecule has 0 bridgehead atoms. The molecule has 0 atom stereocenters. The minimum atomic E-state index is 0.102. The Balaban J connectivity index is 1.48. The largest absolute Gasteiger partial charge is 0.367 e. The maximum absolute atomic E-state index is 12.0. The number of carbonyl (C=O) groups is 1. The molecule has 0 aromatic carbocycles. The van der Waals surface area contributed by atoms with Crippen molar-refractivity contribution in [3.63, 3.8) is 0 Å². The summed E-state index contributed by atoms with van der Waals surface area (Å²) >= 11 is 1.59. The van der Waals surface area contributed by atoms with Crippen LogP contribution in [-0.4, -0.2) is 54.0 Å². The van der Waals surface area contributed by atoms with E-state index in [9.17, 15) is 4.79 Å². The van der Waals surface area contributed by atoms with Crippen LogP contribution in [0.1, 0.15) is 24.1 Å². The molecular weight excluding hydrogens is 370 g/mol. The van der Waals surface area contributed by atoms with Crippen molar-refractivity contribution < 1.29 is 4.79 Å². The van der Waals surface area contributed by atoms with Gasteiger partial charge >= 0.3 is 0 Å². The van der Waals surface area contributed by atoms with Crippen LogP contribution in [0.3, 0.4) is 0 Å². The second kappa shape index (κ2) is 8.09. The summed E-state index contributed by atoms with van der Waals surface area (Å²) < 4.78 is 0. The lowest BCUT2D eigenvalue weighted by molar-refractivity contribution is -0.117. The second-order valence-electron chi connectivity index (χ2n) is 7.78. The molecular formula is C21H27N5OS. The topological polar surface area (TPSA) is 61.4 Å². The van der Waals surface area contributed by atoms with E-state index in [-0.39, 0.29) is 11.8 Å². The zero-order valence-corrected chi connectivity index (χ0v) is 17.6. The fraction of sp³-hybridized carbons (Fsp3) is 0.476. The van der Waals surface area contributed by atoms with Crippen LogP contribution in [0.25, 0.3) is 0 Å². The molecule has 1 N–H and O–H groups in total. The lowest BCUT2D eigenvalue weighted by Gasteiger charge is -2.35. The first-order chi connectivity index (χ1) is 13.5. The highest BCUT2D eigenvalue weighted by molar-refractivity contribution is 7.99. The lowest BCUT2D eigenvalue weighted by atomic mass is 10.1. The maximum atomic E-state index is 12.0. The van der Waals surface area contributed by atoms with Gasteiger partial charge in [0.25, 0.3) is 0 Å². The molecule has 6 nitrogen and oxygen atoms in total. The zero-order chi connectivity index (χ0) is 19.7. The molecule has 1 amide bonds. The maximum Gasteiger partial charge on any atom is 0.227 e. The first kappa shape index (κ1) is 19.2. The van der Waals surface area contributed by atoms with Gasteiger partial charge in [-0.05, 0) is 51.4 Å². The molecule has 2 aromatic heterocycles. The van der Waals surface area contributed by atoms with E-state index in [4.69, 9.17) is 4.98 Å². The summed E-state index contributed by atoms with van der Waals surface area (Å²) in [6.07, 6.45) is 5.51. The van der Waals surface area contributed by atoms with Crippen LogP contribution in [0.5, 0.6) is 0 Å². The highest BCUT2D eigenvalue weighted by Gasteiger charge is 2.29. The van der Waals surface area contributed by atoms with Crippen molar-refractivity contribution in [1.29, 1.82) is 0 Å². The predicted molar refractivity (Wildman–Crippen MR) is 113 cm³/mol. The molecule has 28 heavy (non-hydrogen) atoms. The molecule has 7 heteroatoms. The van der Waals surface area contributed by atoms with Gasteiger partial charge in [-0.1, -0.05) is 11.8 Å². The number of hydrogen-bond donors (Lipinski definition) is 1. The Morgan fingerprint density at radius 1 is 1.14 bits per heavy atom. The Morgan fingerprint density at radius 2 is 1.89 bits per heavy atom. The van der Waals surface area contributed by atoms with Gasteiger partial charge in [0.15, 0.2) is 0 Å². The normalized spacial score (nSPS) is 17.6. The molecule has 1 saturated carbocycles. The second-order valence-corrected chi connectivity index (χ2v) is 8.87. The number of nitrogens with one attached hydrogen (secondary N) is 1. The molecule has 1 aliphatic carbocycles. The zero-order valence-electron chi connectivity index (χ0n) is 16.7. The van der Waals surface area contributed by atoms with E-state index >= 15 is 0 Å². The minimum absolute atomic E-state index is 0.102. The smallest absolute Gasteiger partial charge is 0.227 e. The van der Waals surface area contributed by atoms with Gasteiger partial charge in [0.2, 0.25) is 5.91 Å². The Kier molecular flexibility index (Phi) is 5.55. The van der Waals surface area contributed by atoms with Crippen molar-refractivity contribution >= 4 is 29.0 Å². The Bertz CT molecular complexity index is 852. The van der Waals surface area contributed by atoms with Crippen LogP contribution in [0.2, 0.25) is 0 Å². The summed E-state index contributed by atoms with van der Waals surface area (Å²) in [6.45, 7) is 8.50. The fourth-order valence-electron chi connectivity index (χ4n) is 3.60. The molecule has 1 aliphatic heterocycles. The van der Waals surface area contributed by atoms with Crippen LogP contribution in [0.15, 0.2) is 34.4 Å². The van der Waals surface area contributed by atoms with Gasteiger partial charge < -0.3 is 15.1 Å². The Labute approximate surface area is 170 Å². The van der Waals surface area contributed by atoms with Crippen LogP contribution in [0, 0.1) is 19.8 Å². The summed E-state index contributed by atoms with van der Waals surface area (Å²) in [4.78, 5) is 26.9. The summed E-state index contributed by atoms with van der Waals surface area (Å²) in [5.41, 5.74) is 4.34. The van der Waals surface area contributed by atoms with E-state index in [2.05, 4.69) is 47.1 Å². The number of aromatic nitrogens is 2. The molecule has 2 fully saturated rings. The highest BCUT2D eigenvalue weighted by atomic mass is 32.2. The van der Waals surface area contributed by atoms with E-state index in [1.807, 2.05) is 12.3 Å². The average molecular weight is 398 g/mol. The highest BCUT2D eigenvalue weighted by Crippen LogP contribution is 2.34. The number of rotatable bonds is 5. The number of carbonyl (C=O) groups excluding carboxylic acids is 1. The molecule has 4 rings (SSSR count). The van der Waals surface area contributed by atoms with Gasteiger partial charge in [-0.2, -0.15) is 0 Å². The Morgan fingerprint density at radius 3 is 2.57 bits per heavy atom. The first-order valence-electron chi connectivity index (χ1n) is 9.85. The lowest BCUT2D eigenvalue weighted by Crippen LogP contribution is -2.45. The van der Waals surface area contributed by atoms with Crippen LogP contribution in [-0.2, 0) is 4.79 Å². The predicted octanol–water partition coefficient (Wildman–Crippen LogP) is 3.34. The van der Waals surface area contributed by atoms with E-state index in [1.54, 1.807) is 18.0 Å². The van der Waals surface area contributed by atoms with E-state index in [0.29, 0.717) is 0 Å². The van der Waals surface area contributed by atoms with Crippen molar-refractivity contribution in [3.05, 3.63) is 35.8 Å². The van der Waals surface area contributed by atoms with Crippen LogP contribution in [0.4, 0.5) is 11.4 Å². The van der Waals surface area contributed by atoms with Crippen molar-refractivity contribution in [2.45, 2.75) is 36.6 Å². The van der Waals surface area contributed by atoms with Gasteiger partial charge in [-0.25, -0.2) is 4.98 Å². The van der Waals surface area contributed by atoms with Crippen molar-refractivity contribution in [2.75, 3.05) is 43.4 Å². The summed E-state index contributed by atoms with van der Waals surface area (Å²) in [5.74, 6) is 0.288. The third-order valence-corrected chi connectivity index (χ3v) is 6.18. The van der Waals surface area contributed by atoms with E-state index in [1.165, 1.54) is 11.3 Å². The fourth-order valence-corrected chi connectivity index (χ4v) is 4.56. The van der Waals surface area contributed by atoms with Crippen molar-refractivity contribution in [2.24, 2.45) is 5.92 Å². The number of nitrogens with zero attached hydrogens (tertiary/aromatic N) is 4. The van der Waals surface area contributed by atoms with Gasteiger partial charge in [0, 0.05) is 43.2 Å². The Hall–Kier alpha value is -2.12. The third kappa shape index (κ3) is 4.47. The van der Waals surface area contributed by atoms with Crippen molar-refractivity contribution in [3.8, 4) is 0 Å². The molecule has 0 unspecified atom stereocenters. The number of hydrogen-bond acceptors (Lipinski definition) is 6. The van der Waals surface area contributed by atoms with Crippen LogP contribution < -0.4 is 10.2 Å². The number of likely N-dealkylation sites (N-methyl/N-ethyl adjacent to an activating group) is 1. The van der Waals surface area contributed by atoms with Gasteiger partial charge in [-0.3, -0.25) is 9.78 Å². The quantitative estimate of drug-likeness (QED) is 0.835. The molecule has 2 aliphatic rings. The molecule has 3 heterocycles. The SMILES string of the molecule is Cc1cc(Sc2cncc(NC(=O)C3CC3)c2)nc(C)c1N1CCN(C)CC1. The van der Waals surface area contributed by atoms with E-state index in [0.717, 1.165) is 60.3 Å².